The van der Waals surface area contributed by atoms with Gasteiger partial charge in [-0.05, 0) is 36.8 Å². The summed E-state index contributed by atoms with van der Waals surface area (Å²) in [5.41, 5.74) is 1.55. The molecule has 0 fully saturated rings. The second-order valence-corrected chi connectivity index (χ2v) is 6.02. The predicted octanol–water partition coefficient (Wildman–Crippen LogP) is 2.82. The van der Waals surface area contributed by atoms with Crippen molar-refractivity contribution < 1.29 is 13.6 Å². The van der Waals surface area contributed by atoms with Gasteiger partial charge in [-0.25, -0.2) is 13.3 Å². The fourth-order valence-electron chi connectivity index (χ4n) is 2.72. The molecule has 0 saturated carbocycles. The zero-order valence-corrected chi connectivity index (χ0v) is 14.2. The molecule has 4 aromatic rings. The normalized spacial score (nSPS) is 11.1. The summed E-state index contributed by atoms with van der Waals surface area (Å²) in [4.78, 5) is 16.3. The van der Waals surface area contributed by atoms with Crippen LogP contribution in [0.1, 0.15) is 5.56 Å². The van der Waals surface area contributed by atoms with Crippen LogP contribution in [0.4, 0.5) is 14.7 Å². The second-order valence-electron chi connectivity index (χ2n) is 6.02. The first-order chi connectivity index (χ1) is 13.0. The third kappa shape index (κ3) is 3.39. The Bertz CT molecular complexity index is 1130. The monoisotopic (exact) mass is 368 g/mol. The third-order valence-corrected chi connectivity index (χ3v) is 3.90. The molecular weight excluding hydrogens is 354 g/mol. The van der Waals surface area contributed by atoms with Crippen LogP contribution in [-0.2, 0) is 11.3 Å². The highest BCUT2D eigenvalue weighted by molar-refractivity contribution is 5.88. The summed E-state index contributed by atoms with van der Waals surface area (Å²) >= 11 is 0. The number of anilines is 1. The number of hydrogen-bond donors (Lipinski definition) is 1. The Hall–Kier alpha value is -3.62. The molecule has 0 saturated heterocycles. The molecule has 0 aliphatic carbocycles. The van der Waals surface area contributed by atoms with Crippen molar-refractivity contribution in [2.75, 3.05) is 5.32 Å². The molecule has 0 spiro atoms. The standard InChI is InChI=1S/C18H14F2N6O/c1-11-7-21-25(8-11)10-16(27)23-18-22-15-6-5-12(9-26(15)24-18)17-13(19)3-2-4-14(17)20/h2-9H,10H2,1H3,(H,23,24,27). The SMILES string of the molecule is Cc1cnn(CC(=O)Nc2nc3ccc(-c4c(F)cccc4F)cn3n2)c1. The van der Waals surface area contributed by atoms with E-state index in [-0.39, 0.29) is 24.0 Å². The Morgan fingerprint density at radius 3 is 2.63 bits per heavy atom. The lowest BCUT2D eigenvalue weighted by atomic mass is 10.1. The highest BCUT2D eigenvalue weighted by atomic mass is 19.1. The molecule has 1 N–H and O–H groups in total. The lowest BCUT2D eigenvalue weighted by Gasteiger charge is -2.04. The molecule has 7 nitrogen and oxygen atoms in total. The Morgan fingerprint density at radius 2 is 1.93 bits per heavy atom. The number of amides is 1. The van der Waals surface area contributed by atoms with Crippen LogP contribution in [0.3, 0.4) is 0 Å². The van der Waals surface area contributed by atoms with E-state index in [9.17, 15) is 13.6 Å². The Labute approximate surface area is 152 Å². The van der Waals surface area contributed by atoms with Crippen LogP contribution in [0, 0.1) is 18.6 Å². The van der Waals surface area contributed by atoms with Gasteiger partial charge in [-0.3, -0.25) is 14.8 Å². The van der Waals surface area contributed by atoms with E-state index in [1.165, 1.54) is 33.6 Å². The van der Waals surface area contributed by atoms with Crippen LogP contribution in [-0.4, -0.2) is 30.3 Å². The number of pyridine rings is 1. The van der Waals surface area contributed by atoms with E-state index in [0.29, 0.717) is 11.2 Å². The quantitative estimate of drug-likeness (QED) is 0.601. The summed E-state index contributed by atoms with van der Waals surface area (Å²) < 4.78 is 30.8. The summed E-state index contributed by atoms with van der Waals surface area (Å²) in [5.74, 6) is -1.58. The molecule has 4 rings (SSSR count). The van der Waals surface area contributed by atoms with Gasteiger partial charge in [-0.2, -0.15) is 10.1 Å². The lowest BCUT2D eigenvalue weighted by molar-refractivity contribution is -0.116. The van der Waals surface area contributed by atoms with Crippen molar-refractivity contribution in [1.29, 1.82) is 0 Å². The molecule has 1 amide bonds. The van der Waals surface area contributed by atoms with Crippen molar-refractivity contribution >= 4 is 17.5 Å². The van der Waals surface area contributed by atoms with E-state index < -0.39 is 11.6 Å². The predicted molar refractivity (Wildman–Crippen MR) is 93.9 cm³/mol. The van der Waals surface area contributed by atoms with Crippen LogP contribution in [0.25, 0.3) is 16.8 Å². The highest BCUT2D eigenvalue weighted by Crippen LogP contribution is 2.26. The molecule has 0 unspecified atom stereocenters. The molecule has 9 heteroatoms. The molecule has 3 heterocycles. The zero-order chi connectivity index (χ0) is 19.0. The van der Waals surface area contributed by atoms with Crippen LogP contribution in [0.2, 0.25) is 0 Å². The van der Waals surface area contributed by atoms with Crippen molar-refractivity contribution in [1.82, 2.24) is 24.4 Å². The maximum absolute atomic E-state index is 14.0. The van der Waals surface area contributed by atoms with Gasteiger partial charge in [0.25, 0.3) is 0 Å². The molecule has 27 heavy (non-hydrogen) atoms. The average molecular weight is 368 g/mol. The first-order valence-corrected chi connectivity index (χ1v) is 8.09. The van der Waals surface area contributed by atoms with Crippen molar-refractivity contribution in [3.8, 4) is 11.1 Å². The molecule has 136 valence electrons. The minimum absolute atomic E-state index is 0.0229. The first kappa shape index (κ1) is 16.8. The van der Waals surface area contributed by atoms with Gasteiger partial charge in [-0.1, -0.05) is 6.07 Å². The summed E-state index contributed by atoms with van der Waals surface area (Å²) in [7, 11) is 0. The van der Waals surface area contributed by atoms with E-state index in [1.807, 2.05) is 6.92 Å². The van der Waals surface area contributed by atoms with Crippen molar-refractivity contribution in [3.63, 3.8) is 0 Å². The van der Waals surface area contributed by atoms with Gasteiger partial charge in [0.15, 0.2) is 5.65 Å². The van der Waals surface area contributed by atoms with Crippen molar-refractivity contribution in [2.24, 2.45) is 0 Å². The number of carbonyl (C=O) groups is 1. The maximum atomic E-state index is 14.0. The Morgan fingerprint density at radius 1 is 1.15 bits per heavy atom. The average Bonchev–Trinajstić information content (AvgIpc) is 3.19. The zero-order valence-electron chi connectivity index (χ0n) is 14.2. The van der Waals surface area contributed by atoms with Gasteiger partial charge < -0.3 is 0 Å². The van der Waals surface area contributed by atoms with Crippen molar-refractivity contribution in [2.45, 2.75) is 13.5 Å². The highest BCUT2D eigenvalue weighted by Gasteiger charge is 2.14. The smallest absolute Gasteiger partial charge is 0.249 e. The number of aromatic nitrogens is 5. The van der Waals surface area contributed by atoms with E-state index in [0.717, 1.165) is 5.56 Å². The second kappa shape index (κ2) is 6.60. The number of nitrogens with one attached hydrogen (secondary N) is 1. The number of benzene rings is 1. The number of halogens is 2. The Kier molecular flexibility index (Phi) is 4.11. The van der Waals surface area contributed by atoms with Gasteiger partial charge >= 0.3 is 0 Å². The van der Waals surface area contributed by atoms with Gasteiger partial charge in [0.2, 0.25) is 11.9 Å². The minimum Gasteiger partial charge on any atom is -0.292 e. The topological polar surface area (TPSA) is 77.1 Å². The maximum Gasteiger partial charge on any atom is 0.249 e. The summed E-state index contributed by atoms with van der Waals surface area (Å²) in [6.07, 6.45) is 4.85. The number of rotatable bonds is 4. The van der Waals surface area contributed by atoms with Gasteiger partial charge in [0, 0.05) is 18.0 Å². The number of hydrogen-bond acceptors (Lipinski definition) is 4. The van der Waals surface area contributed by atoms with E-state index in [1.54, 1.807) is 24.5 Å². The van der Waals surface area contributed by atoms with Gasteiger partial charge in [0.05, 0.1) is 11.8 Å². The van der Waals surface area contributed by atoms with Crippen LogP contribution in [0.5, 0.6) is 0 Å². The van der Waals surface area contributed by atoms with Gasteiger partial charge in [0.1, 0.15) is 18.2 Å². The van der Waals surface area contributed by atoms with Crippen LogP contribution < -0.4 is 5.32 Å². The molecule has 0 atom stereocenters. The van der Waals surface area contributed by atoms with Gasteiger partial charge in [-0.15, -0.1) is 5.10 Å². The summed E-state index contributed by atoms with van der Waals surface area (Å²) in [5, 5.41) is 10.8. The molecule has 0 aliphatic heterocycles. The minimum atomic E-state index is -0.669. The third-order valence-electron chi connectivity index (χ3n) is 3.90. The number of aryl methyl sites for hydroxylation is 1. The first-order valence-electron chi connectivity index (χ1n) is 8.09. The molecule has 3 aromatic heterocycles. The molecular formula is C18H14F2N6O. The number of fused-ring (bicyclic) bond motifs is 1. The van der Waals surface area contributed by atoms with Crippen LogP contribution >= 0.6 is 0 Å². The Balaban J connectivity index is 1.58. The number of nitrogens with zero attached hydrogens (tertiary/aromatic N) is 5. The fraction of sp³-hybridized carbons (Fsp3) is 0.111. The van der Waals surface area contributed by atoms with Crippen LogP contribution in [0.15, 0.2) is 48.9 Å². The largest absolute Gasteiger partial charge is 0.292 e. The molecule has 0 radical (unpaired) electrons. The molecule has 0 bridgehead atoms. The summed E-state index contributed by atoms with van der Waals surface area (Å²) in [6, 6.07) is 6.79. The lowest BCUT2D eigenvalue weighted by Crippen LogP contribution is -2.19. The van der Waals surface area contributed by atoms with Crippen molar-refractivity contribution in [3.05, 3.63) is 66.1 Å². The van der Waals surface area contributed by atoms with E-state index >= 15 is 0 Å². The number of carbonyl (C=O) groups excluding carboxylic acids is 1. The fourth-order valence-corrected chi connectivity index (χ4v) is 2.72. The summed E-state index contributed by atoms with van der Waals surface area (Å²) in [6.45, 7) is 1.90. The van der Waals surface area contributed by atoms with E-state index in [4.69, 9.17) is 0 Å². The van der Waals surface area contributed by atoms with E-state index in [2.05, 4.69) is 20.5 Å². The molecule has 1 aromatic carbocycles. The molecule has 0 aliphatic rings.